The Bertz CT molecular complexity index is 1150. The zero-order valence-electron chi connectivity index (χ0n) is 17.4. The molecular weight excluding hydrogens is 432 g/mol. The van der Waals surface area contributed by atoms with Crippen molar-refractivity contribution in [2.24, 2.45) is 0 Å². The summed E-state index contributed by atoms with van der Waals surface area (Å²) in [6.07, 6.45) is 0.399. The van der Waals surface area contributed by atoms with E-state index in [2.05, 4.69) is 5.32 Å². The zero-order valence-corrected chi connectivity index (χ0v) is 18.1. The molecule has 0 atom stereocenters. The summed E-state index contributed by atoms with van der Waals surface area (Å²) < 4.78 is 5.21. The topological polar surface area (TPSA) is 107 Å². The van der Waals surface area contributed by atoms with Gasteiger partial charge in [-0.05, 0) is 41.3 Å². The highest BCUT2D eigenvalue weighted by Gasteiger charge is 2.14. The minimum absolute atomic E-state index is 0.226. The number of carbonyl (C=O) groups excluding carboxylic acids is 1. The molecule has 0 bridgehead atoms. The number of carboxylic acids is 1. The third-order valence-electron chi connectivity index (χ3n) is 4.95. The van der Waals surface area contributed by atoms with Crippen LogP contribution in [0.1, 0.15) is 21.5 Å². The molecule has 1 amide bonds. The first-order valence-electron chi connectivity index (χ1n) is 9.85. The Kier molecular flexibility index (Phi) is 7.57. The quantitative estimate of drug-likeness (QED) is 0.461. The van der Waals surface area contributed by atoms with Gasteiger partial charge in [-0.15, -0.1) is 0 Å². The number of amides is 1. The standard InChI is InChI=1S/C24H21ClN2O5/c1-32-22-9-8-19(25)14-20(22)24(30)26-11-10-15-2-4-16(5-3-15)17-6-7-18(13-23(28)29)21(12-17)27-31/h2-9,12,14H,10-11,13H2,1H3,(H,26,30)(H,28,29)/p+1. The van der Waals surface area contributed by atoms with Gasteiger partial charge in [0.25, 0.3) is 11.6 Å². The number of aliphatic carboxylic acids is 1. The van der Waals surface area contributed by atoms with Crippen LogP contribution in [0.5, 0.6) is 5.75 Å². The van der Waals surface area contributed by atoms with Crippen LogP contribution in [0, 0.1) is 4.91 Å². The monoisotopic (exact) mass is 453 g/mol. The molecule has 164 valence electrons. The zero-order chi connectivity index (χ0) is 23.1. The first-order valence-corrected chi connectivity index (χ1v) is 10.2. The van der Waals surface area contributed by atoms with Gasteiger partial charge < -0.3 is 15.2 Å². The molecule has 3 rings (SSSR count). The molecule has 0 saturated heterocycles. The molecule has 32 heavy (non-hydrogen) atoms. The number of nitroso groups, excluding NO2 is 1. The molecule has 3 aromatic rings. The molecule has 8 heteroatoms. The highest BCUT2D eigenvalue weighted by Crippen LogP contribution is 2.25. The number of halogens is 1. The lowest BCUT2D eigenvalue weighted by Gasteiger charge is -2.10. The van der Waals surface area contributed by atoms with Gasteiger partial charge in [0.05, 0.1) is 19.1 Å². The summed E-state index contributed by atoms with van der Waals surface area (Å²) >= 11 is 5.98. The molecule has 3 N–H and O–H groups in total. The molecule has 0 radical (unpaired) electrons. The lowest BCUT2D eigenvalue weighted by Crippen LogP contribution is -2.56. The molecule has 3 aromatic carbocycles. The number of hydrogen-bond acceptors (Lipinski definition) is 4. The van der Waals surface area contributed by atoms with E-state index in [-0.39, 0.29) is 18.0 Å². The van der Waals surface area contributed by atoms with Crippen LogP contribution in [-0.2, 0) is 17.6 Å². The van der Waals surface area contributed by atoms with Crippen molar-refractivity contribution in [3.8, 4) is 16.9 Å². The maximum absolute atomic E-state index is 12.4. The molecule has 7 nitrogen and oxygen atoms in total. The number of nitrogens with one attached hydrogen (secondary N) is 2. The van der Waals surface area contributed by atoms with Crippen LogP contribution in [0.3, 0.4) is 0 Å². The third-order valence-corrected chi connectivity index (χ3v) is 5.19. The lowest BCUT2D eigenvalue weighted by atomic mass is 9.99. The SMILES string of the molecule is COc1ccc(Cl)cc1C(=O)NCCc1ccc(-c2ccc(CC(=O)O)c([NH+]=O)c2)cc1. The molecule has 0 saturated carbocycles. The fourth-order valence-corrected chi connectivity index (χ4v) is 3.48. The highest BCUT2D eigenvalue weighted by molar-refractivity contribution is 6.31. The van der Waals surface area contributed by atoms with Crippen molar-refractivity contribution >= 4 is 29.2 Å². The van der Waals surface area contributed by atoms with Crippen LogP contribution in [0.2, 0.25) is 5.02 Å². The van der Waals surface area contributed by atoms with Crippen molar-refractivity contribution in [1.29, 1.82) is 0 Å². The normalized spacial score (nSPS) is 10.4. The van der Waals surface area contributed by atoms with Gasteiger partial charge in [-0.3, -0.25) is 9.59 Å². The Hall–Kier alpha value is -3.71. The van der Waals surface area contributed by atoms with Crippen molar-refractivity contribution in [3.63, 3.8) is 0 Å². The Morgan fingerprint density at radius 1 is 1.03 bits per heavy atom. The molecule has 0 unspecified atom stereocenters. The van der Waals surface area contributed by atoms with Gasteiger partial charge >= 0.3 is 5.97 Å². The second-order valence-corrected chi connectivity index (χ2v) is 7.53. The smallest absolute Gasteiger partial charge is 0.308 e. The summed E-state index contributed by atoms with van der Waals surface area (Å²) in [4.78, 5) is 34.6. The number of rotatable bonds is 9. The number of benzene rings is 3. The molecule has 0 aliphatic rings. The molecule has 0 aromatic heterocycles. The lowest BCUT2D eigenvalue weighted by molar-refractivity contribution is -0.380. The van der Waals surface area contributed by atoms with Crippen molar-refractivity contribution in [3.05, 3.63) is 87.3 Å². The number of carboxylic acid groups (broad SMARTS) is 1. The van der Waals surface area contributed by atoms with E-state index in [1.165, 1.54) is 7.11 Å². The number of methoxy groups -OCH3 is 1. The third kappa shape index (κ3) is 5.70. The Labute approximate surface area is 190 Å². The van der Waals surface area contributed by atoms with Crippen LogP contribution in [0.4, 0.5) is 5.69 Å². The minimum Gasteiger partial charge on any atom is -0.496 e. The number of carbonyl (C=O) groups is 2. The van der Waals surface area contributed by atoms with Crippen LogP contribution in [-0.4, -0.2) is 30.6 Å². The molecule has 0 spiro atoms. The van der Waals surface area contributed by atoms with Gasteiger partial charge in [-0.1, -0.05) is 48.0 Å². The first-order chi connectivity index (χ1) is 15.4. The van der Waals surface area contributed by atoms with E-state index in [9.17, 15) is 14.5 Å². The molecule has 0 heterocycles. The number of hydrogen-bond donors (Lipinski definition) is 3. The Balaban J connectivity index is 1.63. The molecular formula is C24H22ClN2O5+. The van der Waals surface area contributed by atoms with Gasteiger partial charge in [0.15, 0.2) is 0 Å². The first kappa shape index (κ1) is 23.0. The van der Waals surface area contributed by atoms with Gasteiger partial charge in [-0.25, -0.2) is 0 Å². The highest BCUT2D eigenvalue weighted by atomic mass is 35.5. The largest absolute Gasteiger partial charge is 0.496 e. The van der Waals surface area contributed by atoms with E-state index in [1.54, 1.807) is 36.4 Å². The minimum atomic E-state index is -1.00. The van der Waals surface area contributed by atoms with Crippen LogP contribution < -0.4 is 15.2 Å². The van der Waals surface area contributed by atoms with Crippen LogP contribution in [0.15, 0.2) is 60.7 Å². The van der Waals surface area contributed by atoms with E-state index in [1.807, 2.05) is 29.4 Å². The van der Waals surface area contributed by atoms with Gasteiger partial charge in [-0.2, -0.15) is 0 Å². The van der Waals surface area contributed by atoms with E-state index in [0.717, 1.165) is 16.7 Å². The summed E-state index contributed by atoms with van der Waals surface area (Å²) in [6, 6.07) is 17.6. The summed E-state index contributed by atoms with van der Waals surface area (Å²) in [5.41, 5.74) is 3.76. The van der Waals surface area contributed by atoms with Crippen molar-refractivity contribution in [2.45, 2.75) is 12.8 Å². The predicted octanol–water partition coefficient (Wildman–Crippen LogP) is 3.09. The molecule has 0 aliphatic heterocycles. The fourth-order valence-electron chi connectivity index (χ4n) is 3.31. The second kappa shape index (κ2) is 10.5. The summed E-state index contributed by atoms with van der Waals surface area (Å²) in [7, 11) is 1.50. The molecule has 0 fully saturated rings. The van der Waals surface area contributed by atoms with Crippen molar-refractivity contribution in [1.82, 2.24) is 5.32 Å². The van der Waals surface area contributed by atoms with E-state index < -0.39 is 5.97 Å². The van der Waals surface area contributed by atoms with Crippen LogP contribution >= 0.6 is 11.6 Å². The molecule has 0 aliphatic carbocycles. The van der Waals surface area contributed by atoms with Gasteiger partial charge in [0.2, 0.25) is 0 Å². The summed E-state index contributed by atoms with van der Waals surface area (Å²) in [5, 5.41) is 14.1. The van der Waals surface area contributed by atoms with E-state index >= 15 is 0 Å². The van der Waals surface area contributed by atoms with Crippen LogP contribution in [0.25, 0.3) is 11.1 Å². The van der Waals surface area contributed by atoms with Gasteiger partial charge in [0.1, 0.15) is 5.75 Å². The number of ether oxygens (including phenoxy) is 1. The summed E-state index contributed by atoms with van der Waals surface area (Å²) in [5.74, 6) is -0.808. The summed E-state index contributed by atoms with van der Waals surface area (Å²) in [6.45, 7) is 0.433. The maximum atomic E-state index is 12.4. The van der Waals surface area contributed by atoms with Gasteiger partial charge in [0, 0.05) is 33.3 Å². The average molecular weight is 454 g/mol. The Morgan fingerprint density at radius 3 is 2.41 bits per heavy atom. The van der Waals surface area contributed by atoms with E-state index in [0.29, 0.717) is 34.9 Å². The van der Waals surface area contributed by atoms with Crippen molar-refractivity contribution < 1.29 is 24.6 Å². The second-order valence-electron chi connectivity index (χ2n) is 7.09. The Morgan fingerprint density at radius 2 is 1.75 bits per heavy atom. The predicted molar refractivity (Wildman–Crippen MR) is 121 cm³/mol. The van der Waals surface area contributed by atoms with Crippen molar-refractivity contribution in [2.75, 3.05) is 13.7 Å². The fraction of sp³-hybridized carbons (Fsp3) is 0.167. The average Bonchev–Trinajstić information content (AvgIpc) is 2.79. The maximum Gasteiger partial charge on any atom is 0.308 e. The van der Waals surface area contributed by atoms with E-state index in [4.69, 9.17) is 21.4 Å².